The van der Waals surface area contributed by atoms with Crippen LogP contribution in [0.25, 0.3) is 0 Å². The molecule has 1 aliphatic heterocycles. The van der Waals surface area contributed by atoms with Gasteiger partial charge in [-0.2, -0.15) is 0 Å². The molecule has 0 saturated heterocycles. The zero-order valence-electron chi connectivity index (χ0n) is 8.46. The summed E-state index contributed by atoms with van der Waals surface area (Å²) in [7, 11) is -2.97. The highest BCUT2D eigenvalue weighted by Crippen LogP contribution is 2.54. The summed E-state index contributed by atoms with van der Waals surface area (Å²) in [6.45, 7) is 0. The summed E-state index contributed by atoms with van der Waals surface area (Å²) in [6, 6.07) is 16.1. The first-order valence-electron chi connectivity index (χ1n) is 5.05. The summed E-state index contributed by atoms with van der Waals surface area (Å²) >= 11 is 0. The minimum Gasteiger partial charge on any atom is -0.305 e. The topological polar surface area (TPSA) is 34.1 Å². The van der Waals surface area contributed by atoms with E-state index in [4.69, 9.17) is 0 Å². The Morgan fingerprint density at radius 2 is 1.44 bits per heavy atom. The summed E-state index contributed by atoms with van der Waals surface area (Å²) in [5, 5.41) is 1.34. The van der Waals surface area contributed by atoms with Gasteiger partial charge in [0.25, 0.3) is 0 Å². The highest BCUT2D eigenvalue weighted by Gasteiger charge is 2.47. The molecule has 3 heteroatoms. The molecule has 0 amide bonds. The zero-order chi connectivity index (χ0) is 11.2. The van der Waals surface area contributed by atoms with Crippen molar-refractivity contribution in [3.05, 3.63) is 60.2 Å². The predicted octanol–water partition coefficient (Wildman–Crippen LogP) is 2.15. The Bertz CT molecular complexity index is 617. The fourth-order valence-electron chi connectivity index (χ4n) is 2.05. The van der Waals surface area contributed by atoms with Crippen LogP contribution in [0.4, 0.5) is 0 Å². The normalized spacial score (nSPS) is 22.4. The highest BCUT2D eigenvalue weighted by atomic mass is 31.2. The molecule has 78 valence electrons. The van der Waals surface area contributed by atoms with E-state index in [2.05, 4.69) is 0 Å². The maximum absolute atomic E-state index is 12.7. The van der Waals surface area contributed by atoms with Crippen molar-refractivity contribution in [1.82, 2.24) is 0 Å². The van der Waals surface area contributed by atoms with E-state index >= 15 is 0 Å². The van der Waals surface area contributed by atoms with Gasteiger partial charge in [-0.1, -0.05) is 48.5 Å². The second-order valence-electron chi connectivity index (χ2n) is 3.77. The van der Waals surface area contributed by atoms with Gasteiger partial charge in [-0.15, -0.1) is 0 Å². The Kier molecular flexibility index (Phi) is 1.89. The molecule has 0 fully saturated rings. The van der Waals surface area contributed by atoms with E-state index in [1.54, 1.807) is 30.3 Å². The minimum absolute atomic E-state index is 0.214. The van der Waals surface area contributed by atoms with Crippen molar-refractivity contribution >= 4 is 23.3 Å². The van der Waals surface area contributed by atoms with Crippen molar-refractivity contribution in [2.75, 3.05) is 0 Å². The molecule has 0 aromatic heterocycles. The van der Waals surface area contributed by atoms with Crippen molar-refractivity contribution in [2.24, 2.45) is 0 Å². The molecule has 2 nitrogen and oxygen atoms in total. The molecule has 16 heavy (non-hydrogen) atoms. The number of carbonyl (C=O) groups excluding carboxylic acids is 1. The summed E-state index contributed by atoms with van der Waals surface area (Å²) in [5.41, 5.74) is 0.393. The lowest BCUT2D eigenvalue weighted by Gasteiger charge is -2.28. The van der Waals surface area contributed by atoms with Crippen LogP contribution < -0.4 is 10.6 Å². The predicted molar refractivity (Wildman–Crippen MR) is 64.1 cm³/mol. The molecular weight excluding hydrogens is 219 g/mol. The van der Waals surface area contributed by atoms with Gasteiger partial charge in [0.2, 0.25) is 12.7 Å². The monoisotopic (exact) mass is 228 g/mol. The minimum atomic E-state index is -2.97. The molecule has 2 aromatic carbocycles. The average molecular weight is 228 g/mol. The Balaban J connectivity index is 2.25. The maximum atomic E-state index is 12.7. The summed E-state index contributed by atoms with van der Waals surface area (Å²) in [6.07, 6.45) is 0. The fraction of sp³-hybridized carbons (Fsp3) is 0. The largest absolute Gasteiger partial charge is 0.305 e. The van der Waals surface area contributed by atoms with Gasteiger partial charge in [0.05, 0.1) is 0 Å². The molecule has 0 aliphatic carbocycles. The van der Waals surface area contributed by atoms with Gasteiger partial charge in [0.1, 0.15) is 0 Å². The molecule has 2 aromatic rings. The zero-order valence-corrected chi connectivity index (χ0v) is 9.35. The van der Waals surface area contributed by atoms with E-state index in [1.807, 2.05) is 24.3 Å². The number of rotatable bonds is 1. The van der Waals surface area contributed by atoms with E-state index in [-0.39, 0.29) is 5.52 Å². The van der Waals surface area contributed by atoms with Crippen LogP contribution in [0.15, 0.2) is 54.6 Å². The van der Waals surface area contributed by atoms with E-state index in [0.717, 1.165) is 0 Å². The Hall–Kier alpha value is -1.66. The van der Waals surface area contributed by atoms with Crippen LogP contribution in [0.2, 0.25) is 0 Å². The molecule has 0 radical (unpaired) electrons. The lowest BCUT2D eigenvalue weighted by Crippen LogP contribution is -2.36. The van der Waals surface area contributed by atoms with E-state index in [1.165, 1.54) is 0 Å². The Morgan fingerprint density at radius 3 is 2.19 bits per heavy atom. The third kappa shape index (κ3) is 1.03. The van der Waals surface area contributed by atoms with Crippen molar-refractivity contribution in [3.63, 3.8) is 0 Å². The first kappa shape index (κ1) is 9.56. The number of hydrogen-bond donors (Lipinski definition) is 0. The SMILES string of the molecule is O=C1c2ccccc2P1(=O)c1ccccc1. The number of fused-ring (bicyclic) bond motifs is 1. The van der Waals surface area contributed by atoms with Crippen LogP contribution >= 0.6 is 7.14 Å². The summed E-state index contributed by atoms with van der Waals surface area (Å²) in [5.74, 6) is 0. The first-order valence-corrected chi connectivity index (χ1v) is 6.75. The lowest BCUT2D eigenvalue weighted by atomic mass is 10.2. The van der Waals surface area contributed by atoms with Crippen molar-refractivity contribution in [2.45, 2.75) is 0 Å². The van der Waals surface area contributed by atoms with Gasteiger partial charge in [0.15, 0.2) is 0 Å². The molecule has 1 heterocycles. The first-order chi connectivity index (χ1) is 7.74. The number of benzene rings is 2. The van der Waals surface area contributed by atoms with Crippen molar-refractivity contribution in [1.29, 1.82) is 0 Å². The van der Waals surface area contributed by atoms with Crippen LogP contribution in [0.3, 0.4) is 0 Å². The highest BCUT2D eigenvalue weighted by molar-refractivity contribution is 7.96. The van der Waals surface area contributed by atoms with Crippen molar-refractivity contribution < 1.29 is 9.36 Å². The molecule has 1 unspecified atom stereocenters. The fourth-order valence-corrected chi connectivity index (χ4v) is 4.55. The molecule has 1 atom stereocenters. The van der Waals surface area contributed by atoms with Crippen molar-refractivity contribution in [3.8, 4) is 0 Å². The van der Waals surface area contributed by atoms with Gasteiger partial charge in [-0.25, -0.2) is 0 Å². The molecule has 0 saturated carbocycles. The second kappa shape index (κ2) is 3.16. The molecular formula is C13H9O2P. The Labute approximate surface area is 93.3 Å². The lowest BCUT2D eigenvalue weighted by molar-refractivity contribution is 0.107. The van der Waals surface area contributed by atoms with E-state index in [0.29, 0.717) is 16.2 Å². The van der Waals surface area contributed by atoms with Gasteiger partial charge < -0.3 is 4.57 Å². The van der Waals surface area contributed by atoms with E-state index < -0.39 is 7.14 Å². The van der Waals surface area contributed by atoms with Gasteiger partial charge in [0, 0.05) is 16.2 Å². The molecule has 0 bridgehead atoms. The van der Waals surface area contributed by atoms with Crippen LogP contribution in [-0.2, 0) is 4.57 Å². The van der Waals surface area contributed by atoms with Gasteiger partial charge >= 0.3 is 0 Å². The van der Waals surface area contributed by atoms with Crippen LogP contribution in [0, 0.1) is 0 Å². The van der Waals surface area contributed by atoms with E-state index in [9.17, 15) is 9.36 Å². The number of hydrogen-bond acceptors (Lipinski definition) is 2. The van der Waals surface area contributed by atoms with Gasteiger partial charge in [-0.3, -0.25) is 4.79 Å². The standard InChI is InChI=1S/C13H9O2P/c14-13-11-8-4-5-9-12(11)16(13,15)10-6-2-1-3-7-10/h1-9H. The maximum Gasteiger partial charge on any atom is 0.230 e. The van der Waals surface area contributed by atoms with Crippen LogP contribution in [0.5, 0.6) is 0 Å². The molecule has 3 rings (SSSR count). The third-order valence-electron chi connectivity index (χ3n) is 2.88. The summed E-state index contributed by atoms with van der Waals surface area (Å²) in [4.78, 5) is 11.9. The average Bonchev–Trinajstić information content (AvgIpc) is 2.38. The summed E-state index contributed by atoms with van der Waals surface area (Å²) < 4.78 is 12.7. The van der Waals surface area contributed by atoms with Gasteiger partial charge in [-0.05, 0) is 6.07 Å². The molecule has 1 aliphatic rings. The number of carbonyl (C=O) groups is 1. The Morgan fingerprint density at radius 1 is 0.812 bits per heavy atom. The quantitative estimate of drug-likeness (QED) is 0.701. The van der Waals surface area contributed by atoms with Crippen LogP contribution in [-0.4, -0.2) is 5.52 Å². The molecule has 0 spiro atoms. The molecule has 0 N–H and O–H groups in total. The smallest absolute Gasteiger partial charge is 0.230 e. The second-order valence-corrected chi connectivity index (χ2v) is 6.39. The third-order valence-corrected chi connectivity index (χ3v) is 5.79. The van der Waals surface area contributed by atoms with Crippen LogP contribution in [0.1, 0.15) is 10.4 Å².